The number of hydrogen-bond acceptors (Lipinski definition) is 5. The summed E-state index contributed by atoms with van der Waals surface area (Å²) >= 11 is 0. The number of hydrogen-bond donors (Lipinski definition) is 1. The Hall–Kier alpha value is -2.34. The molecule has 2 heterocycles. The van der Waals surface area contributed by atoms with Gasteiger partial charge < -0.3 is 5.32 Å². The van der Waals surface area contributed by atoms with Gasteiger partial charge in [-0.15, -0.1) is 0 Å². The van der Waals surface area contributed by atoms with Gasteiger partial charge in [0, 0.05) is 36.8 Å². The van der Waals surface area contributed by atoms with Crippen LogP contribution in [0.5, 0.6) is 0 Å². The van der Waals surface area contributed by atoms with Crippen molar-refractivity contribution in [1.82, 2.24) is 15.3 Å². The highest BCUT2D eigenvalue weighted by molar-refractivity contribution is 5.68. The van der Waals surface area contributed by atoms with E-state index >= 15 is 0 Å². The third-order valence-corrected chi connectivity index (χ3v) is 3.70. The fourth-order valence-corrected chi connectivity index (χ4v) is 2.65. The van der Waals surface area contributed by atoms with E-state index in [1.807, 2.05) is 6.92 Å². The van der Waals surface area contributed by atoms with Gasteiger partial charge in [0.2, 0.25) is 0 Å². The molecule has 0 radical (unpaired) electrons. The molecule has 1 aliphatic rings. The first-order chi connectivity index (χ1) is 10.2. The van der Waals surface area contributed by atoms with Gasteiger partial charge in [0.05, 0.1) is 16.2 Å². The molecule has 0 fully saturated rings. The van der Waals surface area contributed by atoms with Crippen molar-refractivity contribution < 1.29 is 4.92 Å². The molecule has 0 atom stereocenters. The average Bonchev–Trinajstić information content (AvgIpc) is 2.53. The topological polar surface area (TPSA) is 81.0 Å². The average molecular weight is 284 g/mol. The van der Waals surface area contributed by atoms with Crippen LogP contribution in [0.15, 0.2) is 24.3 Å². The van der Waals surface area contributed by atoms with Gasteiger partial charge in [-0.25, -0.2) is 9.97 Å². The van der Waals surface area contributed by atoms with E-state index in [4.69, 9.17) is 0 Å². The molecule has 0 aliphatic carbocycles. The summed E-state index contributed by atoms with van der Waals surface area (Å²) in [6, 6.07) is 6.63. The highest BCUT2D eigenvalue weighted by atomic mass is 16.6. The summed E-state index contributed by atoms with van der Waals surface area (Å²) in [5, 5.41) is 14.5. The highest BCUT2D eigenvalue weighted by Crippen LogP contribution is 2.29. The normalized spacial score (nSPS) is 13.8. The van der Waals surface area contributed by atoms with Gasteiger partial charge in [-0.2, -0.15) is 0 Å². The highest BCUT2D eigenvalue weighted by Gasteiger charge is 2.21. The summed E-state index contributed by atoms with van der Waals surface area (Å²) in [4.78, 5) is 19.9. The van der Waals surface area contributed by atoms with Crippen LogP contribution in [0.25, 0.3) is 11.4 Å². The lowest BCUT2D eigenvalue weighted by Gasteiger charge is -2.19. The number of fused-ring (bicyclic) bond motifs is 1. The maximum Gasteiger partial charge on any atom is 0.280 e. The van der Waals surface area contributed by atoms with Crippen molar-refractivity contribution in [2.45, 2.75) is 26.3 Å². The number of rotatable bonds is 3. The van der Waals surface area contributed by atoms with E-state index in [1.165, 1.54) is 6.07 Å². The lowest BCUT2D eigenvalue weighted by atomic mass is 10.0. The SMILES string of the molecule is CCc1nc(-c2ccccc2[N+](=O)[O-])nc2c1CNCC2. The van der Waals surface area contributed by atoms with E-state index in [0.29, 0.717) is 11.4 Å². The summed E-state index contributed by atoms with van der Waals surface area (Å²) < 4.78 is 0. The van der Waals surface area contributed by atoms with Crippen molar-refractivity contribution >= 4 is 5.69 Å². The van der Waals surface area contributed by atoms with Crippen LogP contribution < -0.4 is 5.32 Å². The Labute approximate surface area is 122 Å². The molecule has 0 unspecified atom stereocenters. The molecule has 0 bridgehead atoms. The smallest absolute Gasteiger partial charge is 0.280 e. The van der Waals surface area contributed by atoms with Crippen molar-refractivity contribution in [3.05, 3.63) is 51.3 Å². The third kappa shape index (κ3) is 2.50. The van der Waals surface area contributed by atoms with Gasteiger partial charge in [0.1, 0.15) is 0 Å². The number of aromatic nitrogens is 2. The van der Waals surface area contributed by atoms with Crippen LogP contribution in [0.3, 0.4) is 0 Å². The second kappa shape index (κ2) is 5.57. The molecule has 3 rings (SSSR count). The first kappa shape index (κ1) is 13.6. The van der Waals surface area contributed by atoms with E-state index in [9.17, 15) is 10.1 Å². The summed E-state index contributed by atoms with van der Waals surface area (Å²) in [5.41, 5.74) is 3.66. The van der Waals surface area contributed by atoms with Crippen molar-refractivity contribution in [3.63, 3.8) is 0 Å². The van der Waals surface area contributed by atoms with E-state index < -0.39 is 0 Å². The minimum atomic E-state index is -0.384. The van der Waals surface area contributed by atoms with Crippen LogP contribution in [-0.2, 0) is 19.4 Å². The number of nitro groups is 1. The summed E-state index contributed by atoms with van der Waals surface area (Å²) in [6.07, 6.45) is 1.62. The Kier molecular flexibility index (Phi) is 3.62. The molecule has 1 aromatic carbocycles. The monoisotopic (exact) mass is 284 g/mol. The Bertz CT molecular complexity index is 683. The van der Waals surface area contributed by atoms with Crippen LogP contribution in [-0.4, -0.2) is 21.4 Å². The molecule has 108 valence electrons. The predicted molar refractivity (Wildman–Crippen MR) is 78.9 cm³/mol. The lowest BCUT2D eigenvalue weighted by Crippen LogP contribution is -2.26. The van der Waals surface area contributed by atoms with Crippen LogP contribution in [0, 0.1) is 10.1 Å². The molecule has 6 heteroatoms. The Morgan fingerprint density at radius 1 is 1.33 bits per heavy atom. The minimum Gasteiger partial charge on any atom is -0.312 e. The van der Waals surface area contributed by atoms with Crippen molar-refractivity contribution in [2.75, 3.05) is 6.54 Å². The van der Waals surface area contributed by atoms with Crippen LogP contribution in [0.4, 0.5) is 5.69 Å². The molecule has 0 spiro atoms. The van der Waals surface area contributed by atoms with E-state index in [-0.39, 0.29) is 10.6 Å². The first-order valence-corrected chi connectivity index (χ1v) is 7.04. The second-order valence-electron chi connectivity index (χ2n) is 4.97. The molecular formula is C15H16N4O2. The number of nitrogens with one attached hydrogen (secondary N) is 1. The second-order valence-corrected chi connectivity index (χ2v) is 4.97. The standard InChI is InChI=1S/C15H16N4O2/c1-2-12-11-9-16-8-7-13(11)18-15(17-12)10-5-3-4-6-14(10)19(20)21/h3-6,16H,2,7-9H2,1H3. The number of nitrogens with zero attached hydrogens (tertiary/aromatic N) is 3. The molecule has 2 aromatic rings. The molecule has 1 N–H and O–H groups in total. The molecule has 1 aliphatic heterocycles. The van der Waals surface area contributed by atoms with Gasteiger partial charge in [-0.3, -0.25) is 10.1 Å². The first-order valence-electron chi connectivity index (χ1n) is 7.04. The zero-order valence-corrected chi connectivity index (χ0v) is 11.8. The zero-order chi connectivity index (χ0) is 14.8. The maximum absolute atomic E-state index is 11.2. The summed E-state index contributed by atoms with van der Waals surface area (Å²) in [5.74, 6) is 0.458. The Morgan fingerprint density at radius 3 is 2.90 bits per heavy atom. The maximum atomic E-state index is 11.2. The van der Waals surface area contributed by atoms with Crippen molar-refractivity contribution in [3.8, 4) is 11.4 Å². The van der Waals surface area contributed by atoms with Gasteiger partial charge in [0.15, 0.2) is 5.82 Å². The molecule has 0 amide bonds. The number of aryl methyl sites for hydroxylation is 1. The number of para-hydroxylation sites is 1. The van der Waals surface area contributed by atoms with Gasteiger partial charge in [-0.05, 0) is 12.5 Å². The fourth-order valence-electron chi connectivity index (χ4n) is 2.65. The van der Waals surface area contributed by atoms with E-state index in [0.717, 1.165) is 42.9 Å². The van der Waals surface area contributed by atoms with E-state index in [2.05, 4.69) is 15.3 Å². The van der Waals surface area contributed by atoms with Gasteiger partial charge in [-0.1, -0.05) is 19.1 Å². The largest absolute Gasteiger partial charge is 0.312 e. The molecule has 21 heavy (non-hydrogen) atoms. The predicted octanol–water partition coefficient (Wildman–Crippen LogP) is 2.26. The third-order valence-electron chi connectivity index (χ3n) is 3.70. The quantitative estimate of drug-likeness (QED) is 0.690. The van der Waals surface area contributed by atoms with Crippen molar-refractivity contribution in [1.29, 1.82) is 0 Å². The fraction of sp³-hybridized carbons (Fsp3) is 0.333. The Balaban J connectivity index is 2.17. The van der Waals surface area contributed by atoms with Crippen molar-refractivity contribution in [2.24, 2.45) is 0 Å². The number of nitro benzene ring substituents is 1. The molecule has 6 nitrogen and oxygen atoms in total. The van der Waals surface area contributed by atoms with E-state index in [1.54, 1.807) is 18.2 Å². The zero-order valence-electron chi connectivity index (χ0n) is 11.8. The van der Waals surface area contributed by atoms with Crippen LogP contribution >= 0.6 is 0 Å². The Morgan fingerprint density at radius 2 is 2.14 bits per heavy atom. The number of benzene rings is 1. The summed E-state index contributed by atoms with van der Waals surface area (Å²) in [7, 11) is 0. The van der Waals surface area contributed by atoms with Gasteiger partial charge in [0.25, 0.3) is 5.69 Å². The molecule has 0 saturated carbocycles. The lowest BCUT2D eigenvalue weighted by molar-refractivity contribution is -0.384. The van der Waals surface area contributed by atoms with Crippen LogP contribution in [0.2, 0.25) is 0 Å². The minimum absolute atomic E-state index is 0.0495. The molecule has 1 aromatic heterocycles. The van der Waals surface area contributed by atoms with Crippen LogP contribution in [0.1, 0.15) is 23.9 Å². The molecule has 0 saturated heterocycles. The van der Waals surface area contributed by atoms with Gasteiger partial charge >= 0.3 is 0 Å². The molecular weight excluding hydrogens is 268 g/mol. The summed E-state index contributed by atoms with van der Waals surface area (Å²) in [6.45, 7) is 3.69.